The molecular formula is C22H29FN4O. The lowest BCUT2D eigenvalue weighted by atomic mass is 9.98. The Morgan fingerprint density at radius 2 is 1.79 bits per heavy atom. The maximum Gasteiger partial charge on any atom is 0.222 e. The summed E-state index contributed by atoms with van der Waals surface area (Å²) in [6.07, 6.45) is 2.38. The first-order chi connectivity index (χ1) is 13.5. The molecule has 0 saturated heterocycles. The Balaban J connectivity index is 1.82. The van der Waals surface area contributed by atoms with Gasteiger partial charge in [-0.1, -0.05) is 42.5 Å². The van der Waals surface area contributed by atoms with Crippen molar-refractivity contribution in [2.24, 2.45) is 16.6 Å². The Hall–Kier alpha value is -2.89. The molecule has 2 aromatic rings. The van der Waals surface area contributed by atoms with Gasteiger partial charge in [0.25, 0.3) is 0 Å². The molecule has 2 aromatic carbocycles. The number of nitrogens with one attached hydrogen (secondary N) is 2. The minimum absolute atomic E-state index is 0.218. The molecule has 5 nitrogen and oxygen atoms in total. The van der Waals surface area contributed by atoms with Crippen molar-refractivity contribution in [2.45, 2.75) is 32.2 Å². The number of aryl methyl sites for hydroxylation is 1. The van der Waals surface area contributed by atoms with Crippen LogP contribution in [0.1, 0.15) is 24.5 Å². The lowest BCUT2D eigenvalue weighted by Gasteiger charge is -2.20. The zero-order valence-corrected chi connectivity index (χ0v) is 16.5. The van der Waals surface area contributed by atoms with Crippen molar-refractivity contribution < 1.29 is 9.18 Å². The molecule has 2 rings (SSSR count). The fourth-order valence-corrected chi connectivity index (χ4v) is 2.93. The quantitative estimate of drug-likeness (QED) is 0.459. The number of rotatable bonds is 9. The minimum atomic E-state index is -0.413. The molecule has 0 aliphatic rings. The third-order valence-corrected chi connectivity index (χ3v) is 4.63. The Kier molecular flexibility index (Phi) is 8.46. The lowest BCUT2D eigenvalue weighted by molar-refractivity contribution is -0.121. The van der Waals surface area contributed by atoms with Crippen molar-refractivity contribution in [3.8, 4) is 0 Å². The summed E-state index contributed by atoms with van der Waals surface area (Å²) in [7, 11) is 1.69. The molecule has 0 spiro atoms. The Morgan fingerprint density at radius 3 is 2.39 bits per heavy atom. The van der Waals surface area contributed by atoms with Gasteiger partial charge in [-0.3, -0.25) is 9.79 Å². The number of carbonyl (C=O) groups excluding carboxylic acids is 1. The van der Waals surface area contributed by atoms with Gasteiger partial charge >= 0.3 is 0 Å². The zero-order valence-electron chi connectivity index (χ0n) is 16.5. The second kappa shape index (κ2) is 11.1. The summed E-state index contributed by atoms with van der Waals surface area (Å²) in [5, 5.41) is 6.52. The largest absolute Gasteiger partial charge is 0.369 e. The van der Waals surface area contributed by atoms with E-state index in [1.165, 1.54) is 17.7 Å². The SMILES string of the molecule is CN=C(NCC(Cc1ccc(F)cc1)C(N)=O)NC(C)CCc1ccccc1. The molecule has 1 amide bonds. The molecule has 0 aliphatic carbocycles. The van der Waals surface area contributed by atoms with Crippen LogP contribution < -0.4 is 16.4 Å². The van der Waals surface area contributed by atoms with E-state index in [1.54, 1.807) is 19.2 Å². The van der Waals surface area contributed by atoms with E-state index >= 15 is 0 Å². The van der Waals surface area contributed by atoms with Gasteiger partial charge in [0.1, 0.15) is 5.82 Å². The Bertz CT molecular complexity index is 762. The predicted octanol–water partition coefficient (Wildman–Crippen LogP) is 2.66. The molecule has 0 bridgehead atoms. The van der Waals surface area contributed by atoms with Crippen LogP contribution in [0.3, 0.4) is 0 Å². The molecule has 0 aromatic heterocycles. The third-order valence-electron chi connectivity index (χ3n) is 4.63. The van der Waals surface area contributed by atoms with Crippen molar-refractivity contribution in [1.29, 1.82) is 0 Å². The van der Waals surface area contributed by atoms with E-state index in [1.807, 2.05) is 18.2 Å². The topological polar surface area (TPSA) is 79.5 Å². The molecule has 0 aliphatic heterocycles. The van der Waals surface area contributed by atoms with E-state index in [4.69, 9.17) is 5.73 Å². The summed E-state index contributed by atoms with van der Waals surface area (Å²) in [4.78, 5) is 16.0. The van der Waals surface area contributed by atoms with Gasteiger partial charge in [-0.05, 0) is 49.4 Å². The fraction of sp³-hybridized carbons (Fsp3) is 0.364. The molecule has 4 N–H and O–H groups in total. The maximum absolute atomic E-state index is 13.0. The van der Waals surface area contributed by atoms with Crippen LogP contribution in [-0.4, -0.2) is 31.5 Å². The van der Waals surface area contributed by atoms with Gasteiger partial charge in [0.2, 0.25) is 5.91 Å². The number of hydrogen-bond acceptors (Lipinski definition) is 2. The zero-order chi connectivity index (χ0) is 20.4. The smallest absolute Gasteiger partial charge is 0.222 e. The maximum atomic E-state index is 13.0. The molecule has 150 valence electrons. The summed E-state index contributed by atoms with van der Waals surface area (Å²) >= 11 is 0. The Morgan fingerprint density at radius 1 is 1.11 bits per heavy atom. The summed E-state index contributed by atoms with van der Waals surface area (Å²) in [5.41, 5.74) is 7.71. The van der Waals surface area contributed by atoms with Crippen molar-refractivity contribution in [3.05, 3.63) is 71.5 Å². The van der Waals surface area contributed by atoms with Gasteiger partial charge in [-0.15, -0.1) is 0 Å². The number of benzene rings is 2. The number of amides is 1. The normalized spacial score (nSPS) is 13.6. The van der Waals surface area contributed by atoms with Gasteiger partial charge < -0.3 is 16.4 Å². The molecular weight excluding hydrogens is 355 g/mol. The standard InChI is InChI=1S/C22H29FN4O/c1-16(8-9-17-6-4-3-5-7-17)27-22(25-2)26-15-19(21(24)28)14-18-10-12-20(23)13-11-18/h3-7,10-13,16,19H,8-9,14-15H2,1-2H3,(H2,24,28)(H2,25,26,27). The van der Waals surface area contributed by atoms with Gasteiger partial charge in [0.05, 0.1) is 5.92 Å². The van der Waals surface area contributed by atoms with Gasteiger partial charge in [-0.2, -0.15) is 0 Å². The van der Waals surface area contributed by atoms with Crippen molar-refractivity contribution in [1.82, 2.24) is 10.6 Å². The molecule has 0 saturated carbocycles. The number of aliphatic imine (C=N–C) groups is 1. The van der Waals surface area contributed by atoms with Crippen LogP contribution in [0.5, 0.6) is 0 Å². The molecule has 6 heteroatoms. The summed E-state index contributed by atoms with van der Waals surface area (Å²) in [6.45, 7) is 2.46. The summed E-state index contributed by atoms with van der Waals surface area (Å²) in [6, 6.07) is 16.7. The monoisotopic (exact) mass is 384 g/mol. The van der Waals surface area contributed by atoms with E-state index in [2.05, 4.69) is 34.7 Å². The second-order valence-electron chi connectivity index (χ2n) is 6.95. The molecule has 0 heterocycles. The highest BCUT2D eigenvalue weighted by Crippen LogP contribution is 2.10. The number of hydrogen-bond donors (Lipinski definition) is 3. The molecule has 28 heavy (non-hydrogen) atoms. The van der Waals surface area contributed by atoms with Crippen molar-refractivity contribution >= 4 is 11.9 Å². The van der Waals surface area contributed by atoms with Gasteiger partial charge in [0, 0.05) is 19.6 Å². The highest BCUT2D eigenvalue weighted by atomic mass is 19.1. The lowest BCUT2D eigenvalue weighted by Crippen LogP contribution is -2.46. The first-order valence-electron chi connectivity index (χ1n) is 9.52. The molecule has 0 fully saturated rings. The van der Waals surface area contributed by atoms with Crippen LogP contribution >= 0.6 is 0 Å². The fourth-order valence-electron chi connectivity index (χ4n) is 2.93. The number of primary amides is 1. The molecule has 0 radical (unpaired) electrons. The van der Waals surface area contributed by atoms with Crippen LogP contribution in [0.2, 0.25) is 0 Å². The highest BCUT2D eigenvalue weighted by molar-refractivity contribution is 5.82. The highest BCUT2D eigenvalue weighted by Gasteiger charge is 2.17. The first-order valence-corrected chi connectivity index (χ1v) is 9.52. The summed E-state index contributed by atoms with van der Waals surface area (Å²) < 4.78 is 13.0. The number of guanidine groups is 1. The predicted molar refractivity (Wildman–Crippen MR) is 112 cm³/mol. The van der Waals surface area contributed by atoms with Crippen molar-refractivity contribution in [3.63, 3.8) is 0 Å². The van der Waals surface area contributed by atoms with Gasteiger partial charge in [0.15, 0.2) is 5.96 Å². The van der Waals surface area contributed by atoms with E-state index in [9.17, 15) is 9.18 Å². The molecule has 2 atom stereocenters. The van der Waals surface area contributed by atoms with Crippen LogP contribution in [-0.2, 0) is 17.6 Å². The average molecular weight is 384 g/mol. The average Bonchev–Trinajstić information content (AvgIpc) is 2.70. The van der Waals surface area contributed by atoms with Crippen LogP contribution in [0.25, 0.3) is 0 Å². The first kappa shape index (κ1) is 21.4. The van der Waals surface area contributed by atoms with Crippen LogP contribution in [0, 0.1) is 11.7 Å². The van der Waals surface area contributed by atoms with Gasteiger partial charge in [-0.25, -0.2) is 4.39 Å². The van der Waals surface area contributed by atoms with E-state index in [0.29, 0.717) is 18.9 Å². The second-order valence-corrected chi connectivity index (χ2v) is 6.95. The van der Waals surface area contributed by atoms with E-state index in [0.717, 1.165) is 18.4 Å². The number of halogens is 1. The van der Waals surface area contributed by atoms with E-state index < -0.39 is 11.8 Å². The van der Waals surface area contributed by atoms with Crippen LogP contribution in [0.4, 0.5) is 4.39 Å². The molecule has 2 unspecified atom stereocenters. The third kappa shape index (κ3) is 7.39. The van der Waals surface area contributed by atoms with Crippen LogP contribution in [0.15, 0.2) is 59.6 Å². The summed E-state index contributed by atoms with van der Waals surface area (Å²) in [5.74, 6) is -0.481. The number of nitrogens with two attached hydrogens (primary N) is 1. The van der Waals surface area contributed by atoms with E-state index in [-0.39, 0.29) is 11.9 Å². The Labute approximate surface area is 166 Å². The van der Waals surface area contributed by atoms with Crippen molar-refractivity contribution in [2.75, 3.05) is 13.6 Å². The minimum Gasteiger partial charge on any atom is -0.369 e. The number of carbonyl (C=O) groups is 1. The number of nitrogens with zero attached hydrogens (tertiary/aromatic N) is 1.